The maximum absolute atomic E-state index is 13.2. The number of ether oxygens (including phenoxy) is 2. The Morgan fingerprint density at radius 3 is 3.00 bits per heavy atom. The second-order valence-electron chi connectivity index (χ2n) is 4.11. The van der Waals surface area contributed by atoms with Crippen LogP contribution in [0.1, 0.15) is 12.0 Å². The van der Waals surface area contributed by atoms with Gasteiger partial charge in [0.05, 0.1) is 13.2 Å². The zero-order chi connectivity index (χ0) is 12.1. The zero-order valence-electron chi connectivity index (χ0n) is 9.52. The molecule has 1 aliphatic heterocycles. The Bertz CT molecular complexity index is 386. The molecule has 4 heteroatoms. The van der Waals surface area contributed by atoms with Crippen LogP contribution in [0.3, 0.4) is 0 Å². The Balaban J connectivity index is 1.76. The molecule has 92 valence electrons. The van der Waals surface area contributed by atoms with Crippen molar-refractivity contribution in [2.24, 2.45) is 5.92 Å². The summed E-state index contributed by atoms with van der Waals surface area (Å²) in [7, 11) is 0. The van der Waals surface area contributed by atoms with E-state index < -0.39 is 0 Å². The van der Waals surface area contributed by atoms with Gasteiger partial charge in [0.2, 0.25) is 0 Å². The van der Waals surface area contributed by atoms with Crippen molar-refractivity contribution < 1.29 is 18.7 Å². The van der Waals surface area contributed by atoms with E-state index in [1.165, 1.54) is 6.07 Å². The number of halogens is 1. The Labute approximate surface area is 99.5 Å². The van der Waals surface area contributed by atoms with Gasteiger partial charge in [-0.15, -0.1) is 0 Å². The highest BCUT2D eigenvalue weighted by Crippen LogP contribution is 2.14. The van der Waals surface area contributed by atoms with Crippen molar-refractivity contribution in [2.75, 3.05) is 19.8 Å². The number of carbonyl (C=O) groups excluding carboxylic acids is 1. The van der Waals surface area contributed by atoms with Crippen molar-refractivity contribution in [3.63, 3.8) is 0 Å². The van der Waals surface area contributed by atoms with Crippen molar-refractivity contribution >= 4 is 5.78 Å². The average Bonchev–Trinajstić information content (AvgIpc) is 2.85. The van der Waals surface area contributed by atoms with Crippen molar-refractivity contribution in [3.8, 4) is 0 Å². The molecule has 1 aromatic carbocycles. The molecule has 0 spiro atoms. The van der Waals surface area contributed by atoms with Gasteiger partial charge in [-0.2, -0.15) is 0 Å². The van der Waals surface area contributed by atoms with Crippen molar-refractivity contribution in [2.45, 2.75) is 13.0 Å². The molecule has 0 bridgehead atoms. The third kappa shape index (κ3) is 3.35. The van der Waals surface area contributed by atoms with Gasteiger partial charge in [0.25, 0.3) is 0 Å². The van der Waals surface area contributed by atoms with Crippen molar-refractivity contribution in [1.29, 1.82) is 0 Å². The quantitative estimate of drug-likeness (QED) is 0.786. The second-order valence-corrected chi connectivity index (χ2v) is 4.11. The SMILES string of the molecule is O=C(COCc1ccccc1F)C1CCOC1. The molecule has 2 rings (SSSR count). The number of ketones is 1. The van der Waals surface area contributed by atoms with Crippen LogP contribution in [-0.4, -0.2) is 25.6 Å². The van der Waals surface area contributed by atoms with E-state index in [-0.39, 0.29) is 30.7 Å². The van der Waals surface area contributed by atoms with E-state index in [1.807, 2.05) is 0 Å². The summed E-state index contributed by atoms with van der Waals surface area (Å²) in [4.78, 5) is 11.6. The molecule has 17 heavy (non-hydrogen) atoms. The van der Waals surface area contributed by atoms with Gasteiger partial charge >= 0.3 is 0 Å². The topological polar surface area (TPSA) is 35.5 Å². The van der Waals surface area contributed by atoms with Crippen LogP contribution in [0.25, 0.3) is 0 Å². The molecule has 1 aromatic rings. The number of benzene rings is 1. The zero-order valence-corrected chi connectivity index (χ0v) is 9.52. The molecular formula is C13H15FO3. The number of carbonyl (C=O) groups is 1. The molecule has 0 aliphatic carbocycles. The summed E-state index contributed by atoms with van der Waals surface area (Å²) in [5.74, 6) is -0.307. The van der Waals surface area contributed by atoms with E-state index in [4.69, 9.17) is 9.47 Å². The highest BCUT2D eigenvalue weighted by atomic mass is 19.1. The van der Waals surface area contributed by atoms with E-state index >= 15 is 0 Å². The van der Waals surface area contributed by atoms with E-state index in [1.54, 1.807) is 18.2 Å². The van der Waals surface area contributed by atoms with Gasteiger partial charge in [-0.3, -0.25) is 4.79 Å². The van der Waals surface area contributed by atoms with E-state index in [2.05, 4.69) is 0 Å². The third-order valence-corrected chi connectivity index (χ3v) is 2.84. The number of Topliss-reactive ketones (excluding diaryl/α,β-unsaturated/α-hetero) is 1. The van der Waals surface area contributed by atoms with Gasteiger partial charge in [0, 0.05) is 18.1 Å². The molecule has 1 heterocycles. The van der Waals surface area contributed by atoms with Crippen LogP contribution in [0.15, 0.2) is 24.3 Å². The Morgan fingerprint density at radius 2 is 2.29 bits per heavy atom. The molecule has 0 saturated carbocycles. The first-order valence-corrected chi connectivity index (χ1v) is 5.69. The standard InChI is InChI=1S/C13H15FO3/c14-12-4-2-1-3-10(12)7-17-9-13(15)11-5-6-16-8-11/h1-4,11H,5-9H2. The first-order chi connectivity index (χ1) is 8.27. The minimum absolute atomic E-state index is 0.0301. The number of hydrogen-bond acceptors (Lipinski definition) is 3. The molecule has 0 amide bonds. The Hall–Kier alpha value is -1.26. The first-order valence-electron chi connectivity index (χ1n) is 5.69. The fraction of sp³-hybridized carbons (Fsp3) is 0.462. The van der Waals surface area contributed by atoms with Crippen molar-refractivity contribution in [3.05, 3.63) is 35.6 Å². The van der Waals surface area contributed by atoms with Gasteiger partial charge < -0.3 is 9.47 Å². The van der Waals surface area contributed by atoms with Crippen LogP contribution in [0.4, 0.5) is 4.39 Å². The Kier molecular flexibility index (Phi) is 4.23. The van der Waals surface area contributed by atoms with Crippen LogP contribution < -0.4 is 0 Å². The highest BCUT2D eigenvalue weighted by Gasteiger charge is 2.23. The van der Waals surface area contributed by atoms with Gasteiger partial charge in [-0.1, -0.05) is 18.2 Å². The first kappa shape index (κ1) is 12.2. The summed E-state index contributed by atoms with van der Waals surface area (Å²) in [6.45, 7) is 1.29. The lowest BCUT2D eigenvalue weighted by molar-refractivity contribution is -0.127. The van der Waals surface area contributed by atoms with Crippen LogP contribution in [-0.2, 0) is 20.9 Å². The fourth-order valence-electron chi connectivity index (χ4n) is 1.78. The van der Waals surface area contributed by atoms with Gasteiger partial charge in [0.1, 0.15) is 12.4 Å². The summed E-state index contributed by atoms with van der Waals surface area (Å²) >= 11 is 0. The summed E-state index contributed by atoms with van der Waals surface area (Å²) in [5, 5.41) is 0. The number of rotatable bonds is 5. The minimum Gasteiger partial charge on any atom is -0.381 e. The summed E-state index contributed by atoms with van der Waals surface area (Å²) < 4.78 is 23.6. The minimum atomic E-state index is -0.302. The van der Waals surface area contributed by atoms with Crippen LogP contribution >= 0.6 is 0 Å². The maximum atomic E-state index is 13.2. The molecule has 1 atom stereocenters. The second kappa shape index (κ2) is 5.89. The van der Waals surface area contributed by atoms with E-state index in [0.717, 1.165) is 6.42 Å². The molecule has 0 radical (unpaired) electrons. The smallest absolute Gasteiger partial charge is 0.163 e. The molecular weight excluding hydrogens is 223 g/mol. The fourth-order valence-corrected chi connectivity index (χ4v) is 1.78. The predicted molar refractivity (Wildman–Crippen MR) is 60.0 cm³/mol. The number of hydrogen-bond donors (Lipinski definition) is 0. The van der Waals surface area contributed by atoms with Crippen LogP contribution in [0.5, 0.6) is 0 Å². The molecule has 1 fully saturated rings. The molecule has 1 aliphatic rings. The van der Waals surface area contributed by atoms with E-state index in [0.29, 0.717) is 18.8 Å². The molecule has 1 saturated heterocycles. The summed E-state index contributed by atoms with van der Waals surface area (Å²) in [6.07, 6.45) is 0.766. The molecule has 3 nitrogen and oxygen atoms in total. The van der Waals surface area contributed by atoms with Gasteiger partial charge in [0.15, 0.2) is 5.78 Å². The molecule has 0 N–H and O–H groups in total. The normalized spacial score (nSPS) is 19.5. The van der Waals surface area contributed by atoms with Gasteiger partial charge in [-0.25, -0.2) is 4.39 Å². The predicted octanol–water partition coefficient (Wildman–Crippen LogP) is 1.95. The summed E-state index contributed by atoms with van der Waals surface area (Å²) in [6, 6.07) is 6.40. The molecule has 1 unspecified atom stereocenters. The van der Waals surface area contributed by atoms with Crippen LogP contribution in [0.2, 0.25) is 0 Å². The van der Waals surface area contributed by atoms with E-state index in [9.17, 15) is 9.18 Å². The summed E-state index contributed by atoms with van der Waals surface area (Å²) in [5.41, 5.74) is 0.475. The highest BCUT2D eigenvalue weighted by molar-refractivity contribution is 5.82. The lowest BCUT2D eigenvalue weighted by Crippen LogP contribution is -2.20. The lowest BCUT2D eigenvalue weighted by atomic mass is 10.0. The Morgan fingerprint density at radius 1 is 1.47 bits per heavy atom. The van der Waals surface area contributed by atoms with Gasteiger partial charge in [-0.05, 0) is 12.5 Å². The monoisotopic (exact) mass is 238 g/mol. The van der Waals surface area contributed by atoms with Crippen molar-refractivity contribution in [1.82, 2.24) is 0 Å². The largest absolute Gasteiger partial charge is 0.381 e. The maximum Gasteiger partial charge on any atom is 0.163 e. The third-order valence-electron chi connectivity index (χ3n) is 2.84. The average molecular weight is 238 g/mol. The lowest BCUT2D eigenvalue weighted by Gasteiger charge is -2.08. The molecule has 0 aromatic heterocycles. The van der Waals surface area contributed by atoms with Crippen LogP contribution in [0, 0.1) is 11.7 Å².